The van der Waals surface area contributed by atoms with Crippen molar-refractivity contribution in [3.8, 4) is 0 Å². The van der Waals surface area contributed by atoms with Crippen LogP contribution in [-0.4, -0.2) is 29.8 Å². The van der Waals surface area contributed by atoms with Crippen LogP contribution < -0.4 is 5.32 Å². The van der Waals surface area contributed by atoms with Crippen molar-refractivity contribution >= 4 is 17.5 Å². The predicted octanol–water partition coefficient (Wildman–Crippen LogP) is 2.91. The van der Waals surface area contributed by atoms with Gasteiger partial charge in [-0.15, -0.1) is 0 Å². The highest BCUT2D eigenvalue weighted by molar-refractivity contribution is 5.95. The Hall–Kier alpha value is -1.84. The molecule has 2 amide bonds. The Labute approximate surface area is 120 Å². The number of hydrogen-bond acceptors (Lipinski definition) is 2. The summed E-state index contributed by atoms with van der Waals surface area (Å²) in [5, 5.41) is 2.70. The van der Waals surface area contributed by atoms with Gasteiger partial charge < -0.3 is 10.2 Å². The molecule has 20 heavy (non-hydrogen) atoms. The van der Waals surface area contributed by atoms with Gasteiger partial charge in [0.25, 0.3) is 5.91 Å². The highest BCUT2D eigenvalue weighted by Crippen LogP contribution is 2.30. The Balaban J connectivity index is 2.01. The van der Waals surface area contributed by atoms with E-state index in [1.54, 1.807) is 24.3 Å². The number of carbonyl (C=O) groups is 2. The van der Waals surface area contributed by atoms with Crippen LogP contribution in [-0.2, 0) is 4.79 Å². The van der Waals surface area contributed by atoms with Crippen LogP contribution in [0.4, 0.5) is 5.69 Å². The van der Waals surface area contributed by atoms with E-state index in [0.29, 0.717) is 16.7 Å². The molecule has 4 heteroatoms. The first-order valence-corrected chi connectivity index (χ1v) is 7.04. The second kappa shape index (κ2) is 5.65. The van der Waals surface area contributed by atoms with Crippen molar-refractivity contribution in [3.63, 3.8) is 0 Å². The fourth-order valence-electron chi connectivity index (χ4n) is 2.40. The number of nitrogens with zero attached hydrogens (tertiary/aromatic N) is 1. The minimum atomic E-state index is -0.109. The quantitative estimate of drug-likeness (QED) is 0.901. The van der Waals surface area contributed by atoms with Gasteiger partial charge in [0.2, 0.25) is 5.91 Å². The van der Waals surface area contributed by atoms with Crippen LogP contribution in [0.2, 0.25) is 0 Å². The van der Waals surface area contributed by atoms with Crippen molar-refractivity contribution in [2.24, 2.45) is 5.41 Å². The molecule has 1 aromatic carbocycles. The third kappa shape index (κ3) is 3.59. The van der Waals surface area contributed by atoms with E-state index in [9.17, 15) is 9.59 Å². The monoisotopic (exact) mass is 274 g/mol. The Morgan fingerprint density at radius 3 is 2.15 bits per heavy atom. The highest BCUT2D eigenvalue weighted by Gasteiger charge is 2.28. The van der Waals surface area contributed by atoms with Gasteiger partial charge >= 0.3 is 0 Å². The van der Waals surface area contributed by atoms with Gasteiger partial charge in [0.05, 0.1) is 0 Å². The predicted molar refractivity (Wildman–Crippen MR) is 79.7 cm³/mol. The van der Waals surface area contributed by atoms with Gasteiger partial charge in [0.1, 0.15) is 0 Å². The Morgan fingerprint density at radius 2 is 1.65 bits per heavy atom. The Morgan fingerprint density at radius 1 is 1.10 bits per heavy atom. The van der Waals surface area contributed by atoms with Gasteiger partial charge in [0, 0.05) is 31.3 Å². The first-order chi connectivity index (χ1) is 9.37. The molecule has 1 heterocycles. The molecule has 1 saturated heterocycles. The first-order valence-electron chi connectivity index (χ1n) is 7.04. The summed E-state index contributed by atoms with van der Waals surface area (Å²) in [4.78, 5) is 25.3. The van der Waals surface area contributed by atoms with Crippen molar-refractivity contribution in [1.82, 2.24) is 4.90 Å². The summed E-state index contributed by atoms with van der Waals surface area (Å²) in [6.45, 7) is 7.60. The molecule has 0 unspecified atom stereocenters. The summed E-state index contributed by atoms with van der Waals surface area (Å²) in [6, 6.07) is 7.08. The molecular formula is C16H22N2O2. The lowest BCUT2D eigenvalue weighted by atomic mass is 9.82. The third-order valence-corrected chi connectivity index (χ3v) is 3.86. The summed E-state index contributed by atoms with van der Waals surface area (Å²) in [5.74, 6) is -0.0304. The number of anilines is 1. The fraction of sp³-hybridized carbons (Fsp3) is 0.500. The van der Waals surface area contributed by atoms with Crippen LogP contribution >= 0.6 is 0 Å². The fourth-order valence-corrected chi connectivity index (χ4v) is 2.40. The molecular weight excluding hydrogens is 252 g/mol. The molecule has 108 valence electrons. The molecule has 1 aliphatic heterocycles. The van der Waals surface area contributed by atoms with Gasteiger partial charge in [-0.3, -0.25) is 9.59 Å². The molecule has 0 aromatic heterocycles. The molecule has 4 nitrogen and oxygen atoms in total. The number of likely N-dealkylation sites (tertiary alicyclic amines) is 1. The van der Waals surface area contributed by atoms with Crippen molar-refractivity contribution in [2.75, 3.05) is 18.4 Å². The minimum Gasteiger partial charge on any atom is -0.339 e. The molecule has 1 aromatic rings. The lowest BCUT2D eigenvalue weighted by Gasteiger charge is -2.37. The standard InChI is InChI=1S/C16H22N2O2/c1-12(19)17-14-6-4-13(5-7-14)15(20)18-10-8-16(2,3)9-11-18/h4-7H,8-11H2,1-3H3,(H,17,19). The van der Waals surface area contributed by atoms with Crippen molar-refractivity contribution < 1.29 is 9.59 Å². The van der Waals surface area contributed by atoms with E-state index in [0.717, 1.165) is 25.9 Å². The molecule has 2 rings (SSSR count). The van der Waals surface area contributed by atoms with Crippen LogP contribution in [0.3, 0.4) is 0 Å². The minimum absolute atomic E-state index is 0.0786. The van der Waals surface area contributed by atoms with E-state index in [2.05, 4.69) is 19.2 Å². The van der Waals surface area contributed by atoms with Crippen LogP contribution in [0.25, 0.3) is 0 Å². The zero-order valence-corrected chi connectivity index (χ0v) is 12.4. The van der Waals surface area contributed by atoms with E-state index in [1.807, 2.05) is 4.90 Å². The molecule has 0 saturated carbocycles. The number of piperidine rings is 1. The second-order valence-electron chi connectivity index (χ2n) is 6.21. The molecule has 0 bridgehead atoms. The molecule has 1 N–H and O–H groups in total. The summed E-state index contributed by atoms with van der Waals surface area (Å²) in [6.07, 6.45) is 2.09. The van der Waals surface area contributed by atoms with Crippen molar-refractivity contribution in [1.29, 1.82) is 0 Å². The lowest BCUT2D eigenvalue weighted by Crippen LogP contribution is -2.41. The molecule has 0 atom stereocenters. The number of amides is 2. The normalized spacial score (nSPS) is 17.6. The van der Waals surface area contributed by atoms with Gasteiger partial charge in [-0.2, -0.15) is 0 Å². The van der Waals surface area contributed by atoms with E-state index < -0.39 is 0 Å². The molecule has 0 radical (unpaired) electrons. The second-order valence-corrected chi connectivity index (χ2v) is 6.21. The van der Waals surface area contributed by atoms with E-state index >= 15 is 0 Å². The number of rotatable bonds is 2. The van der Waals surface area contributed by atoms with Crippen molar-refractivity contribution in [3.05, 3.63) is 29.8 Å². The van der Waals surface area contributed by atoms with Crippen LogP contribution in [0.1, 0.15) is 44.0 Å². The highest BCUT2D eigenvalue weighted by atomic mass is 16.2. The number of nitrogens with one attached hydrogen (secondary N) is 1. The molecule has 0 spiro atoms. The summed E-state index contributed by atoms with van der Waals surface area (Å²) >= 11 is 0. The largest absolute Gasteiger partial charge is 0.339 e. The maximum absolute atomic E-state index is 12.4. The number of hydrogen-bond donors (Lipinski definition) is 1. The summed E-state index contributed by atoms with van der Waals surface area (Å²) in [7, 11) is 0. The van der Waals surface area contributed by atoms with Gasteiger partial charge in [-0.05, 0) is 42.5 Å². The smallest absolute Gasteiger partial charge is 0.253 e. The van der Waals surface area contributed by atoms with Crippen LogP contribution in [0.15, 0.2) is 24.3 Å². The Bertz CT molecular complexity index is 496. The average Bonchev–Trinajstić information content (AvgIpc) is 2.38. The first kappa shape index (κ1) is 14.6. The third-order valence-electron chi connectivity index (χ3n) is 3.86. The molecule has 0 aliphatic carbocycles. The van der Waals surface area contributed by atoms with E-state index in [-0.39, 0.29) is 11.8 Å². The topological polar surface area (TPSA) is 49.4 Å². The lowest BCUT2D eigenvalue weighted by molar-refractivity contribution is -0.114. The Kier molecular flexibility index (Phi) is 4.12. The van der Waals surface area contributed by atoms with E-state index in [4.69, 9.17) is 0 Å². The average molecular weight is 274 g/mol. The zero-order chi connectivity index (χ0) is 14.8. The maximum atomic E-state index is 12.4. The van der Waals surface area contributed by atoms with Crippen molar-refractivity contribution in [2.45, 2.75) is 33.6 Å². The number of carbonyl (C=O) groups excluding carboxylic acids is 2. The summed E-state index contributed by atoms with van der Waals surface area (Å²) < 4.78 is 0. The SMILES string of the molecule is CC(=O)Nc1ccc(C(=O)N2CCC(C)(C)CC2)cc1. The molecule has 1 fully saturated rings. The van der Waals surface area contributed by atoms with Gasteiger partial charge in [-0.1, -0.05) is 13.8 Å². The maximum Gasteiger partial charge on any atom is 0.253 e. The summed E-state index contributed by atoms with van der Waals surface area (Å²) in [5.41, 5.74) is 1.74. The molecule has 1 aliphatic rings. The van der Waals surface area contributed by atoms with Gasteiger partial charge in [-0.25, -0.2) is 0 Å². The van der Waals surface area contributed by atoms with Crippen LogP contribution in [0, 0.1) is 5.41 Å². The zero-order valence-electron chi connectivity index (χ0n) is 12.4. The van der Waals surface area contributed by atoms with E-state index in [1.165, 1.54) is 6.92 Å². The van der Waals surface area contributed by atoms with Crippen LogP contribution in [0.5, 0.6) is 0 Å². The van der Waals surface area contributed by atoms with Gasteiger partial charge in [0.15, 0.2) is 0 Å². The number of benzene rings is 1.